The molecule has 0 unspecified atom stereocenters. The van der Waals surface area contributed by atoms with Crippen molar-refractivity contribution in [1.29, 1.82) is 0 Å². The summed E-state index contributed by atoms with van der Waals surface area (Å²) >= 11 is 0. The van der Waals surface area contributed by atoms with E-state index in [2.05, 4.69) is 10.3 Å². The number of para-hydroxylation sites is 1. The van der Waals surface area contributed by atoms with Gasteiger partial charge in [-0.1, -0.05) is 19.1 Å². The van der Waals surface area contributed by atoms with Crippen molar-refractivity contribution in [2.45, 2.75) is 26.8 Å². The van der Waals surface area contributed by atoms with Gasteiger partial charge in [-0.05, 0) is 12.5 Å². The van der Waals surface area contributed by atoms with Gasteiger partial charge in [-0.3, -0.25) is 10.1 Å². The monoisotopic (exact) mass is 261 g/mol. The summed E-state index contributed by atoms with van der Waals surface area (Å²) in [4.78, 5) is 14.7. The molecule has 0 aliphatic carbocycles. The quantitative estimate of drug-likeness (QED) is 0.660. The highest BCUT2D eigenvalue weighted by molar-refractivity contribution is 5.65. The summed E-state index contributed by atoms with van der Waals surface area (Å²) in [5.41, 5.74) is 1.38. The first kappa shape index (κ1) is 13.1. The number of nitrogens with zero attached hydrogens (tertiary/aromatic N) is 2. The van der Waals surface area contributed by atoms with E-state index in [0.29, 0.717) is 18.1 Å². The second kappa shape index (κ2) is 5.51. The van der Waals surface area contributed by atoms with E-state index in [1.165, 1.54) is 6.07 Å². The van der Waals surface area contributed by atoms with Crippen LogP contribution in [0, 0.1) is 17.0 Å². The number of aromatic nitrogens is 1. The molecule has 1 aromatic heterocycles. The second-order valence-corrected chi connectivity index (χ2v) is 4.15. The predicted octanol–water partition coefficient (Wildman–Crippen LogP) is 3.07. The molecule has 1 aromatic carbocycles. The second-order valence-electron chi connectivity index (χ2n) is 4.15. The highest BCUT2D eigenvalue weighted by atomic mass is 16.6. The van der Waals surface area contributed by atoms with Crippen LogP contribution in [-0.2, 0) is 13.0 Å². The van der Waals surface area contributed by atoms with E-state index in [1.807, 2.05) is 19.9 Å². The van der Waals surface area contributed by atoms with Gasteiger partial charge in [0.05, 0.1) is 17.7 Å². The number of benzene rings is 1. The SMILES string of the molecule is CCc1cnc(CNc2c(C)cccc2[N+](=O)[O-])o1. The van der Waals surface area contributed by atoms with Gasteiger partial charge in [0.15, 0.2) is 0 Å². The van der Waals surface area contributed by atoms with E-state index in [0.717, 1.165) is 17.7 Å². The van der Waals surface area contributed by atoms with Crippen LogP contribution in [0.3, 0.4) is 0 Å². The van der Waals surface area contributed by atoms with Crippen LogP contribution in [0.25, 0.3) is 0 Å². The first-order valence-electron chi connectivity index (χ1n) is 6.03. The van der Waals surface area contributed by atoms with Crippen LogP contribution in [0.4, 0.5) is 11.4 Å². The van der Waals surface area contributed by atoms with E-state index in [4.69, 9.17) is 4.42 Å². The molecule has 0 fully saturated rings. The average Bonchev–Trinajstić information content (AvgIpc) is 2.85. The molecule has 0 saturated carbocycles. The Kier molecular flexibility index (Phi) is 3.79. The van der Waals surface area contributed by atoms with Crippen LogP contribution in [-0.4, -0.2) is 9.91 Å². The van der Waals surface area contributed by atoms with Gasteiger partial charge in [0, 0.05) is 12.5 Å². The van der Waals surface area contributed by atoms with E-state index in [1.54, 1.807) is 12.3 Å². The largest absolute Gasteiger partial charge is 0.444 e. The molecular formula is C13H15N3O3. The van der Waals surface area contributed by atoms with Crippen molar-refractivity contribution in [2.24, 2.45) is 0 Å². The lowest BCUT2D eigenvalue weighted by atomic mass is 10.1. The molecule has 100 valence electrons. The van der Waals surface area contributed by atoms with Crippen LogP contribution < -0.4 is 5.32 Å². The van der Waals surface area contributed by atoms with Crippen LogP contribution in [0.15, 0.2) is 28.8 Å². The third-order valence-corrected chi connectivity index (χ3v) is 2.81. The lowest BCUT2D eigenvalue weighted by Gasteiger charge is -2.07. The highest BCUT2D eigenvalue weighted by Crippen LogP contribution is 2.27. The lowest BCUT2D eigenvalue weighted by molar-refractivity contribution is -0.384. The fraction of sp³-hybridized carbons (Fsp3) is 0.308. The van der Waals surface area contributed by atoms with Crippen molar-refractivity contribution in [3.05, 3.63) is 51.7 Å². The molecule has 6 nitrogen and oxygen atoms in total. The molecule has 2 rings (SSSR count). The van der Waals surface area contributed by atoms with Gasteiger partial charge in [0.2, 0.25) is 5.89 Å². The minimum absolute atomic E-state index is 0.0577. The predicted molar refractivity (Wildman–Crippen MR) is 71.0 cm³/mol. The van der Waals surface area contributed by atoms with Crippen molar-refractivity contribution in [3.8, 4) is 0 Å². The summed E-state index contributed by atoms with van der Waals surface area (Å²) in [5.74, 6) is 1.32. The summed E-state index contributed by atoms with van der Waals surface area (Å²) < 4.78 is 5.45. The van der Waals surface area contributed by atoms with Crippen molar-refractivity contribution in [2.75, 3.05) is 5.32 Å². The Bertz CT molecular complexity index is 593. The first-order valence-corrected chi connectivity index (χ1v) is 6.03. The summed E-state index contributed by atoms with van der Waals surface area (Å²) in [7, 11) is 0. The number of rotatable bonds is 5. The highest BCUT2D eigenvalue weighted by Gasteiger charge is 2.15. The maximum Gasteiger partial charge on any atom is 0.292 e. The number of nitro benzene ring substituents is 1. The molecule has 0 aliphatic heterocycles. The van der Waals surface area contributed by atoms with Crippen molar-refractivity contribution in [3.63, 3.8) is 0 Å². The van der Waals surface area contributed by atoms with Gasteiger partial charge in [-0.15, -0.1) is 0 Å². The number of anilines is 1. The summed E-state index contributed by atoms with van der Waals surface area (Å²) in [6.07, 6.45) is 2.45. The van der Waals surface area contributed by atoms with E-state index >= 15 is 0 Å². The molecule has 2 aromatic rings. The number of nitrogens with one attached hydrogen (secondary N) is 1. The molecule has 1 N–H and O–H groups in total. The van der Waals surface area contributed by atoms with Gasteiger partial charge in [-0.25, -0.2) is 4.98 Å². The van der Waals surface area contributed by atoms with Gasteiger partial charge < -0.3 is 9.73 Å². The van der Waals surface area contributed by atoms with E-state index < -0.39 is 4.92 Å². The number of nitro groups is 1. The normalized spacial score (nSPS) is 10.4. The van der Waals surface area contributed by atoms with Crippen molar-refractivity contribution >= 4 is 11.4 Å². The number of aryl methyl sites for hydroxylation is 2. The maximum absolute atomic E-state index is 11.0. The lowest BCUT2D eigenvalue weighted by Crippen LogP contribution is -2.04. The molecular weight excluding hydrogens is 246 g/mol. The van der Waals surface area contributed by atoms with Crippen LogP contribution >= 0.6 is 0 Å². The topological polar surface area (TPSA) is 81.2 Å². The zero-order valence-electron chi connectivity index (χ0n) is 10.8. The van der Waals surface area contributed by atoms with Gasteiger partial charge in [0.25, 0.3) is 5.69 Å². The summed E-state index contributed by atoms with van der Waals surface area (Å²) in [6, 6.07) is 4.96. The first-order chi connectivity index (χ1) is 9.11. The van der Waals surface area contributed by atoms with Crippen molar-refractivity contribution < 1.29 is 9.34 Å². The zero-order chi connectivity index (χ0) is 13.8. The van der Waals surface area contributed by atoms with Crippen molar-refractivity contribution in [1.82, 2.24) is 4.98 Å². The molecule has 1 heterocycles. The third kappa shape index (κ3) is 2.90. The third-order valence-electron chi connectivity index (χ3n) is 2.81. The summed E-state index contributed by atoms with van der Waals surface area (Å²) in [5, 5.41) is 14.0. The van der Waals surface area contributed by atoms with Crippen LogP contribution in [0.2, 0.25) is 0 Å². The van der Waals surface area contributed by atoms with E-state index in [9.17, 15) is 10.1 Å². The Hall–Kier alpha value is -2.37. The molecule has 19 heavy (non-hydrogen) atoms. The number of oxazole rings is 1. The molecule has 0 amide bonds. The molecule has 0 atom stereocenters. The summed E-state index contributed by atoms with van der Waals surface area (Å²) in [6.45, 7) is 4.12. The van der Waals surface area contributed by atoms with Gasteiger partial charge in [0.1, 0.15) is 11.4 Å². The van der Waals surface area contributed by atoms with Gasteiger partial charge in [-0.2, -0.15) is 0 Å². The van der Waals surface area contributed by atoms with E-state index in [-0.39, 0.29) is 5.69 Å². The Balaban J connectivity index is 2.17. The molecule has 0 spiro atoms. The smallest absolute Gasteiger partial charge is 0.292 e. The molecule has 6 heteroatoms. The molecule has 0 radical (unpaired) electrons. The number of hydrogen-bond donors (Lipinski definition) is 1. The minimum atomic E-state index is -0.400. The fourth-order valence-corrected chi connectivity index (χ4v) is 1.79. The molecule has 0 saturated heterocycles. The molecule has 0 aliphatic rings. The Morgan fingerprint density at radius 3 is 2.89 bits per heavy atom. The standard InChI is InChI=1S/C13H15N3O3/c1-3-10-7-14-12(19-10)8-15-13-9(2)5-4-6-11(13)16(17)18/h4-7,15H,3,8H2,1-2H3. The Labute approximate surface area is 110 Å². The van der Waals surface area contributed by atoms with Gasteiger partial charge >= 0.3 is 0 Å². The maximum atomic E-state index is 11.0. The number of hydrogen-bond acceptors (Lipinski definition) is 5. The van der Waals surface area contributed by atoms with Crippen LogP contribution in [0.1, 0.15) is 24.1 Å². The van der Waals surface area contributed by atoms with Crippen LogP contribution in [0.5, 0.6) is 0 Å². The molecule has 0 bridgehead atoms. The average molecular weight is 261 g/mol. The Morgan fingerprint density at radius 2 is 2.26 bits per heavy atom. The Morgan fingerprint density at radius 1 is 1.47 bits per heavy atom. The fourth-order valence-electron chi connectivity index (χ4n) is 1.79. The minimum Gasteiger partial charge on any atom is -0.444 e. The zero-order valence-corrected chi connectivity index (χ0v) is 10.8.